The molecule has 0 aliphatic carbocycles. The van der Waals surface area contributed by atoms with Crippen molar-refractivity contribution in [3.8, 4) is 0 Å². The van der Waals surface area contributed by atoms with E-state index in [9.17, 15) is 4.79 Å². The molecule has 1 aliphatic heterocycles. The number of hydrogen-bond acceptors (Lipinski definition) is 4. The first kappa shape index (κ1) is 18.4. The lowest BCUT2D eigenvalue weighted by atomic mass is 10.0. The van der Waals surface area contributed by atoms with Crippen LogP contribution in [0.15, 0.2) is 77.1 Å². The Labute approximate surface area is 169 Å². The van der Waals surface area contributed by atoms with Crippen LogP contribution in [0.2, 0.25) is 0 Å². The number of benzodiazepines with no additional fused rings is 1. The van der Waals surface area contributed by atoms with Gasteiger partial charge in [-0.1, -0.05) is 54.6 Å². The number of thiophene rings is 1. The number of rotatable bonds is 4. The van der Waals surface area contributed by atoms with Gasteiger partial charge in [-0.05, 0) is 17.5 Å². The molecule has 0 saturated carbocycles. The van der Waals surface area contributed by atoms with Gasteiger partial charge >= 0.3 is 0 Å². The normalized spacial score (nSPS) is 16.1. The van der Waals surface area contributed by atoms with Gasteiger partial charge in [0.05, 0.1) is 23.2 Å². The second-order valence-electron chi connectivity index (χ2n) is 7.00. The van der Waals surface area contributed by atoms with Crippen LogP contribution in [0.5, 0.6) is 0 Å². The molecule has 1 aliphatic rings. The van der Waals surface area contributed by atoms with E-state index >= 15 is 0 Å². The Hall–Kier alpha value is -2.92. The van der Waals surface area contributed by atoms with Gasteiger partial charge in [0.1, 0.15) is 0 Å². The maximum absolute atomic E-state index is 12.7. The number of benzene rings is 2. The lowest BCUT2D eigenvalue weighted by molar-refractivity contribution is 0.0792. The van der Waals surface area contributed by atoms with E-state index in [1.807, 2.05) is 42.8 Å². The number of carbonyl (C=O) groups is 1. The highest BCUT2D eigenvalue weighted by atomic mass is 32.1. The van der Waals surface area contributed by atoms with Gasteiger partial charge in [0.25, 0.3) is 5.91 Å². The third-order valence-electron chi connectivity index (χ3n) is 5.16. The number of amides is 1. The maximum Gasteiger partial charge on any atom is 0.263 e. The van der Waals surface area contributed by atoms with E-state index in [-0.39, 0.29) is 11.9 Å². The largest absolute Gasteiger partial charge is 0.367 e. The maximum atomic E-state index is 12.7. The summed E-state index contributed by atoms with van der Waals surface area (Å²) in [6.45, 7) is 1.25. The molecule has 0 bridgehead atoms. The minimum absolute atomic E-state index is 0.0631. The van der Waals surface area contributed by atoms with E-state index in [0.717, 1.165) is 27.4 Å². The number of nitrogens with zero attached hydrogens (tertiary/aromatic N) is 3. The predicted molar refractivity (Wildman–Crippen MR) is 117 cm³/mol. The summed E-state index contributed by atoms with van der Waals surface area (Å²) in [5.74, 6) is 0.0631. The Morgan fingerprint density at radius 3 is 2.61 bits per heavy atom. The standard InChI is InChI=1S/C23H23N3OS/c1-25(23(27)21-13-8-14-28-21)16-18-15-24-22(17-9-4-3-5-10-17)19-11-6-7-12-20(19)26(18)2/h3-14,18H,15-16H2,1-2H3. The van der Waals surface area contributed by atoms with E-state index in [0.29, 0.717) is 13.1 Å². The fourth-order valence-corrected chi connectivity index (χ4v) is 4.31. The van der Waals surface area contributed by atoms with Crippen molar-refractivity contribution in [2.45, 2.75) is 6.04 Å². The van der Waals surface area contributed by atoms with Gasteiger partial charge in [-0.25, -0.2) is 0 Å². The number of hydrogen-bond donors (Lipinski definition) is 0. The zero-order valence-corrected chi connectivity index (χ0v) is 16.9. The van der Waals surface area contributed by atoms with E-state index in [4.69, 9.17) is 4.99 Å². The van der Waals surface area contributed by atoms with Gasteiger partial charge in [0, 0.05) is 37.5 Å². The monoisotopic (exact) mass is 389 g/mol. The van der Waals surface area contributed by atoms with Crippen LogP contribution in [0, 0.1) is 0 Å². The molecule has 0 spiro atoms. The molecule has 2 aromatic carbocycles. The first-order valence-corrected chi connectivity index (χ1v) is 10.2. The molecule has 4 nitrogen and oxygen atoms in total. The lowest BCUT2D eigenvalue weighted by Crippen LogP contribution is -2.44. The number of carbonyl (C=O) groups excluding carboxylic acids is 1. The zero-order chi connectivity index (χ0) is 19.5. The lowest BCUT2D eigenvalue weighted by Gasteiger charge is -2.31. The molecule has 4 rings (SSSR count). The van der Waals surface area contributed by atoms with Gasteiger partial charge < -0.3 is 9.80 Å². The first-order chi connectivity index (χ1) is 13.6. The van der Waals surface area contributed by atoms with E-state index in [1.54, 1.807) is 4.90 Å². The summed E-state index contributed by atoms with van der Waals surface area (Å²) < 4.78 is 0. The van der Waals surface area contributed by atoms with Crippen LogP contribution < -0.4 is 4.90 Å². The van der Waals surface area contributed by atoms with Gasteiger partial charge in [-0.3, -0.25) is 9.79 Å². The van der Waals surface area contributed by atoms with E-state index < -0.39 is 0 Å². The molecule has 1 aromatic heterocycles. The summed E-state index contributed by atoms with van der Waals surface area (Å²) in [6, 6.07) is 22.6. The fourth-order valence-electron chi connectivity index (χ4n) is 3.59. The average Bonchev–Trinajstić information content (AvgIpc) is 3.23. The molecule has 28 heavy (non-hydrogen) atoms. The second kappa shape index (κ2) is 7.98. The van der Waals surface area contributed by atoms with Crippen LogP contribution in [0.25, 0.3) is 0 Å². The number of para-hydroxylation sites is 1. The van der Waals surface area contributed by atoms with Crippen molar-refractivity contribution >= 4 is 28.6 Å². The van der Waals surface area contributed by atoms with Crippen molar-refractivity contribution in [3.05, 3.63) is 88.1 Å². The Bertz CT molecular complexity index is 982. The number of likely N-dealkylation sites (N-methyl/N-ethyl adjacent to an activating group) is 2. The minimum Gasteiger partial charge on any atom is -0.367 e. The Morgan fingerprint density at radius 2 is 1.86 bits per heavy atom. The zero-order valence-electron chi connectivity index (χ0n) is 16.1. The predicted octanol–water partition coefficient (Wildman–Crippen LogP) is 4.18. The molecule has 5 heteroatoms. The van der Waals surface area contributed by atoms with Gasteiger partial charge in [-0.2, -0.15) is 0 Å². The highest BCUT2D eigenvalue weighted by Crippen LogP contribution is 2.28. The summed E-state index contributed by atoms with van der Waals surface area (Å²) >= 11 is 1.48. The van der Waals surface area contributed by atoms with Crippen molar-refractivity contribution in [1.29, 1.82) is 0 Å². The number of anilines is 1. The molecule has 0 radical (unpaired) electrons. The number of aliphatic imine (C=N–C) groups is 1. The second-order valence-corrected chi connectivity index (χ2v) is 7.95. The van der Waals surface area contributed by atoms with Crippen molar-refractivity contribution in [1.82, 2.24) is 4.90 Å². The molecule has 0 fully saturated rings. The van der Waals surface area contributed by atoms with Crippen molar-refractivity contribution in [3.63, 3.8) is 0 Å². The van der Waals surface area contributed by atoms with Crippen LogP contribution in [0.4, 0.5) is 5.69 Å². The molecule has 0 saturated heterocycles. The summed E-state index contributed by atoms with van der Waals surface area (Å²) in [5, 5.41) is 1.94. The summed E-state index contributed by atoms with van der Waals surface area (Å²) in [4.78, 5) is 22.5. The molecule has 1 atom stereocenters. The van der Waals surface area contributed by atoms with E-state index in [1.165, 1.54) is 11.3 Å². The number of fused-ring (bicyclic) bond motifs is 1. The van der Waals surface area contributed by atoms with Crippen molar-refractivity contribution in [2.24, 2.45) is 4.99 Å². The SMILES string of the molecule is CN(CC1CN=C(c2ccccc2)c2ccccc2N1C)C(=O)c1cccs1. The highest BCUT2D eigenvalue weighted by Gasteiger charge is 2.26. The minimum atomic E-state index is 0.0631. The third kappa shape index (κ3) is 3.58. The van der Waals surface area contributed by atoms with Crippen LogP contribution in [-0.4, -0.2) is 49.7 Å². The summed E-state index contributed by atoms with van der Waals surface area (Å²) in [7, 11) is 3.96. The van der Waals surface area contributed by atoms with Crippen molar-refractivity contribution in [2.75, 3.05) is 32.1 Å². The molecular weight excluding hydrogens is 366 g/mol. The Balaban J connectivity index is 1.64. The molecule has 2 heterocycles. The summed E-state index contributed by atoms with van der Waals surface area (Å²) in [5.41, 5.74) is 4.40. The molecule has 3 aromatic rings. The smallest absolute Gasteiger partial charge is 0.263 e. The Morgan fingerprint density at radius 1 is 1.11 bits per heavy atom. The third-order valence-corrected chi connectivity index (χ3v) is 6.02. The molecule has 1 unspecified atom stereocenters. The Kier molecular flexibility index (Phi) is 5.26. The topological polar surface area (TPSA) is 35.9 Å². The van der Waals surface area contributed by atoms with Crippen LogP contribution in [0.1, 0.15) is 20.8 Å². The van der Waals surface area contributed by atoms with Crippen LogP contribution in [0.3, 0.4) is 0 Å². The molecule has 142 valence electrons. The fraction of sp³-hybridized carbons (Fsp3) is 0.217. The first-order valence-electron chi connectivity index (χ1n) is 9.36. The van der Waals surface area contributed by atoms with E-state index in [2.05, 4.69) is 48.3 Å². The molecule has 0 N–H and O–H groups in total. The van der Waals surface area contributed by atoms with Crippen LogP contribution in [-0.2, 0) is 0 Å². The van der Waals surface area contributed by atoms with Gasteiger partial charge in [0.15, 0.2) is 0 Å². The van der Waals surface area contributed by atoms with Crippen LogP contribution >= 0.6 is 11.3 Å². The summed E-state index contributed by atoms with van der Waals surface area (Å²) in [6.07, 6.45) is 0. The average molecular weight is 390 g/mol. The quantitative estimate of drug-likeness (QED) is 0.671. The van der Waals surface area contributed by atoms with Crippen molar-refractivity contribution < 1.29 is 4.79 Å². The highest BCUT2D eigenvalue weighted by molar-refractivity contribution is 7.12. The molecular formula is C23H23N3OS. The van der Waals surface area contributed by atoms with Gasteiger partial charge in [0.2, 0.25) is 0 Å². The van der Waals surface area contributed by atoms with Gasteiger partial charge in [-0.15, -0.1) is 11.3 Å². The molecule has 1 amide bonds.